The Hall–Kier alpha value is -0.790. The van der Waals surface area contributed by atoms with Gasteiger partial charge in [0, 0.05) is 16.7 Å². The third kappa shape index (κ3) is 4.10. The van der Waals surface area contributed by atoms with Gasteiger partial charge in [0.25, 0.3) is 0 Å². The molecule has 0 heterocycles. The number of anilines is 1. The lowest BCUT2D eigenvalue weighted by Crippen LogP contribution is -2.33. The number of nitrogens with two attached hydrogens (primary N) is 1. The van der Waals surface area contributed by atoms with Gasteiger partial charge in [-0.1, -0.05) is 20.8 Å². The fraction of sp³-hybridized carbons (Fsp3) is 0.538. The van der Waals surface area contributed by atoms with Crippen LogP contribution in [-0.4, -0.2) is 22.1 Å². The van der Waals surface area contributed by atoms with E-state index in [2.05, 4.69) is 20.7 Å². The fourth-order valence-electron chi connectivity index (χ4n) is 1.41. The summed E-state index contributed by atoms with van der Waals surface area (Å²) in [4.78, 5) is 0.0487. The normalized spacial score (nSPS) is 12.4. The largest absolute Gasteiger partial charge is 0.495 e. The van der Waals surface area contributed by atoms with Crippen LogP contribution in [0.25, 0.3) is 0 Å². The highest BCUT2D eigenvalue weighted by atomic mass is 79.9. The summed E-state index contributed by atoms with van der Waals surface area (Å²) in [6, 6.07) is 2.94. The number of hydrogen-bond acceptors (Lipinski definition) is 4. The van der Waals surface area contributed by atoms with Crippen LogP contribution in [0.2, 0.25) is 0 Å². The Balaban J connectivity index is 3.13. The van der Waals surface area contributed by atoms with Crippen molar-refractivity contribution in [2.75, 3.05) is 19.4 Å². The standard InChI is InChI=1S/C13H21BrN2O3S/c1-5-13(2,3)8-16-20(17,18)12-7-10(15)9(14)6-11(12)19-4/h6-7,16H,5,8,15H2,1-4H3. The van der Waals surface area contributed by atoms with Crippen molar-refractivity contribution < 1.29 is 13.2 Å². The first-order chi connectivity index (χ1) is 9.13. The highest BCUT2D eigenvalue weighted by Crippen LogP contribution is 2.32. The molecular weight excluding hydrogens is 344 g/mol. The number of rotatable bonds is 6. The van der Waals surface area contributed by atoms with Crippen LogP contribution >= 0.6 is 15.9 Å². The van der Waals surface area contributed by atoms with Crippen molar-refractivity contribution in [3.63, 3.8) is 0 Å². The van der Waals surface area contributed by atoms with E-state index in [0.717, 1.165) is 6.42 Å². The number of methoxy groups -OCH3 is 1. The number of halogens is 1. The molecule has 0 unspecified atom stereocenters. The molecule has 114 valence electrons. The van der Waals surface area contributed by atoms with Crippen LogP contribution in [0.3, 0.4) is 0 Å². The Labute approximate surface area is 129 Å². The zero-order valence-electron chi connectivity index (χ0n) is 12.2. The molecule has 0 saturated carbocycles. The van der Waals surface area contributed by atoms with Gasteiger partial charge in [0.1, 0.15) is 10.6 Å². The first-order valence-electron chi connectivity index (χ1n) is 6.25. The first-order valence-corrected chi connectivity index (χ1v) is 8.53. The summed E-state index contributed by atoms with van der Waals surface area (Å²) < 4.78 is 33.1. The molecule has 20 heavy (non-hydrogen) atoms. The maximum Gasteiger partial charge on any atom is 0.244 e. The topological polar surface area (TPSA) is 81.4 Å². The lowest BCUT2D eigenvalue weighted by atomic mass is 9.91. The summed E-state index contributed by atoms with van der Waals surface area (Å²) in [7, 11) is -2.24. The molecule has 0 aliphatic rings. The van der Waals surface area contributed by atoms with E-state index in [-0.39, 0.29) is 16.1 Å². The zero-order chi connectivity index (χ0) is 15.6. The Bertz CT molecular complexity index is 586. The summed E-state index contributed by atoms with van der Waals surface area (Å²) in [5, 5.41) is 0. The van der Waals surface area contributed by atoms with Crippen LogP contribution in [0.4, 0.5) is 5.69 Å². The van der Waals surface area contributed by atoms with Crippen LogP contribution in [0.5, 0.6) is 5.75 Å². The van der Waals surface area contributed by atoms with Gasteiger partial charge in [-0.25, -0.2) is 13.1 Å². The smallest absolute Gasteiger partial charge is 0.244 e. The predicted molar refractivity (Wildman–Crippen MR) is 84.4 cm³/mol. The number of benzene rings is 1. The maximum absolute atomic E-state index is 12.4. The van der Waals surface area contributed by atoms with E-state index in [4.69, 9.17) is 10.5 Å². The number of nitrogens with one attached hydrogen (secondary N) is 1. The molecule has 0 bridgehead atoms. The SMILES string of the molecule is CCC(C)(C)CNS(=O)(=O)c1cc(N)c(Br)cc1OC. The molecule has 1 aromatic rings. The van der Waals surface area contributed by atoms with Crippen LogP contribution < -0.4 is 15.2 Å². The van der Waals surface area contributed by atoms with E-state index in [1.54, 1.807) is 6.07 Å². The van der Waals surface area contributed by atoms with Gasteiger partial charge in [-0.15, -0.1) is 0 Å². The second-order valence-electron chi connectivity index (χ2n) is 5.37. The van der Waals surface area contributed by atoms with Crippen molar-refractivity contribution in [1.82, 2.24) is 4.72 Å². The maximum atomic E-state index is 12.4. The molecule has 0 spiro atoms. The molecule has 0 fully saturated rings. The average molecular weight is 365 g/mol. The highest BCUT2D eigenvalue weighted by molar-refractivity contribution is 9.10. The lowest BCUT2D eigenvalue weighted by molar-refractivity contribution is 0.349. The van der Waals surface area contributed by atoms with E-state index in [9.17, 15) is 8.42 Å². The van der Waals surface area contributed by atoms with E-state index in [1.165, 1.54) is 13.2 Å². The molecule has 1 aromatic carbocycles. The van der Waals surface area contributed by atoms with E-state index in [1.807, 2.05) is 20.8 Å². The average Bonchev–Trinajstić information content (AvgIpc) is 2.39. The van der Waals surface area contributed by atoms with E-state index >= 15 is 0 Å². The van der Waals surface area contributed by atoms with Gasteiger partial charge in [-0.3, -0.25) is 0 Å². The van der Waals surface area contributed by atoms with E-state index in [0.29, 0.717) is 16.7 Å². The van der Waals surface area contributed by atoms with Crippen LogP contribution in [0, 0.1) is 5.41 Å². The molecule has 3 N–H and O–H groups in total. The van der Waals surface area contributed by atoms with Gasteiger partial charge in [0.2, 0.25) is 10.0 Å². The molecule has 0 aliphatic carbocycles. The summed E-state index contributed by atoms with van der Waals surface area (Å²) in [5.41, 5.74) is 5.99. The van der Waals surface area contributed by atoms with Crippen molar-refractivity contribution in [2.24, 2.45) is 5.41 Å². The molecule has 0 saturated heterocycles. The molecule has 0 aliphatic heterocycles. The molecule has 0 atom stereocenters. The minimum absolute atomic E-state index is 0.0487. The second kappa shape index (κ2) is 6.32. The fourth-order valence-corrected chi connectivity index (χ4v) is 3.16. The Kier molecular flexibility index (Phi) is 5.46. The minimum atomic E-state index is -3.66. The zero-order valence-corrected chi connectivity index (χ0v) is 14.6. The number of ether oxygens (including phenoxy) is 1. The first kappa shape index (κ1) is 17.3. The molecular formula is C13H21BrN2O3S. The number of sulfonamides is 1. The summed E-state index contributed by atoms with van der Waals surface area (Å²) in [6.07, 6.45) is 0.870. The lowest BCUT2D eigenvalue weighted by Gasteiger charge is -2.23. The minimum Gasteiger partial charge on any atom is -0.495 e. The van der Waals surface area contributed by atoms with Gasteiger partial charge in [0.05, 0.1) is 7.11 Å². The van der Waals surface area contributed by atoms with Gasteiger partial charge in [-0.2, -0.15) is 0 Å². The summed E-state index contributed by atoms with van der Waals surface area (Å²) >= 11 is 3.25. The molecule has 0 radical (unpaired) electrons. The third-order valence-electron chi connectivity index (χ3n) is 3.27. The van der Waals surface area contributed by atoms with Crippen molar-refractivity contribution >= 4 is 31.6 Å². The Morgan fingerprint density at radius 3 is 2.50 bits per heavy atom. The van der Waals surface area contributed by atoms with Gasteiger partial charge >= 0.3 is 0 Å². The van der Waals surface area contributed by atoms with Crippen molar-refractivity contribution in [2.45, 2.75) is 32.1 Å². The molecule has 5 nitrogen and oxygen atoms in total. The number of nitrogen functional groups attached to an aromatic ring is 1. The van der Waals surface area contributed by atoms with Crippen molar-refractivity contribution in [1.29, 1.82) is 0 Å². The molecule has 0 aromatic heterocycles. The quantitative estimate of drug-likeness (QED) is 0.760. The summed E-state index contributed by atoms with van der Waals surface area (Å²) in [5.74, 6) is 0.257. The Morgan fingerprint density at radius 1 is 1.40 bits per heavy atom. The van der Waals surface area contributed by atoms with Crippen LogP contribution in [0.1, 0.15) is 27.2 Å². The second-order valence-corrected chi connectivity index (χ2v) is 7.96. The van der Waals surface area contributed by atoms with Gasteiger partial charge in [-0.05, 0) is 39.9 Å². The number of hydrogen-bond donors (Lipinski definition) is 2. The molecule has 7 heteroatoms. The van der Waals surface area contributed by atoms with Crippen molar-refractivity contribution in [3.8, 4) is 5.75 Å². The van der Waals surface area contributed by atoms with Gasteiger partial charge < -0.3 is 10.5 Å². The van der Waals surface area contributed by atoms with Gasteiger partial charge in [0.15, 0.2) is 0 Å². The molecule has 0 amide bonds. The Morgan fingerprint density at radius 2 is 2.00 bits per heavy atom. The van der Waals surface area contributed by atoms with Crippen LogP contribution in [-0.2, 0) is 10.0 Å². The summed E-state index contributed by atoms with van der Waals surface area (Å²) in [6.45, 7) is 6.38. The monoisotopic (exact) mass is 364 g/mol. The van der Waals surface area contributed by atoms with Crippen LogP contribution in [0.15, 0.2) is 21.5 Å². The molecule has 1 rings (SSSR count). The third-order valence-corrected chi connectivity index (χ3v) is 5.38. The predicted octanol–water partition coefficient (Wildman–Crippen LogP) is 2.75. The van der Waals surface area contributed by atoms with Crippen molar-refractivity contribution in [3.05, 3.63) is 16.6 Å². The highest BCUT2D eigenvalue weighted by Gasteiger charge is 2.24. The van der Waals surface area contributed by atoms with E-state index < -0.39 is 10.0 Å².